The van der Waals surface area contributed by atoms with E-state index in [9.17, 15) is 14.0 Å². The van der Waals surface area contributed by atoms with Crippen molar-refractivity contribution in [3.63, 3.8) is 0 Å². The summed E-state index contributed by atoms with van der Waals surface area (Å²) >= 11 is 7.61. The maximum absolute atomic E-state index is 13.3. The summed E-state index contributed by atoms with van der Waals surface area (Å²) in [4.78, 5) is 30.9. The zero-order valence-electron chi connectivity index (χ0n) is 15.9. The van der Waals surface area contributed by atoms with Crippen LogP contribution in [0.25, 0.3) is 0 Å². The Morgan fingerprint density at radius 2 is 2.21 bits per heavy atom. The van der Waals surface area contributed by atoms with E-state index in [1.165, 1.54) is 12.1 Å². The molecule has 1 aromatic heterocycles. The largest absolute Gasteiger partial charge is 0.350 e. The number of hydrogen-bond donors (Lipinski definition) is 1. The fourth-order valence-electron chi connectivity index (χ4n) is 3.17. The lowest BCUT2D eigenvalue weighted by Gasteiger charge is -2.32. The summed E-state index contributed by atoms with van der Waals surface area (Å²) in [6.07, 6.45) is 1.82. The summed E-state index contributed by atoms with van der Waals surface area (Å²) in [6, 6.07) is 3.84. The molecule has 150 valence electrons. The van der Waals surface area contributed by atoms with Crippen molar-refractivity contribution in [3.05, 3.63) is 50.7 Å². The predicted molar refractivity (Wildman–Crippen MR) is 108 cm³/mol. The molecule has 28 heavy (non-hydrogen) atoms. The van der Waals surface area contributed by atoms with Gasteiger partial charge >= 0.3 is 0 Å². The van der Waals surface area contributed by atoms with Gasteiger partial charge in [0.1, 0.15) is 5.82 Å². The van der Waals surface area contributed by atoms with E-state index in [0.717, 1.165) is 29.6 Å². The third-order valence-corrected chi connectivity index (χ3v) is 6.13. The number of rotatable bonds is 5. The van der Waals surface area contributed by atoms with Crippen LogP contribution in [0.5, 0.6) is 0 Å². The fraction of sp³-hybridized carbons (Fsp3) is 0.450. The zero-order chi connectivity index (χ0) is 20.3. The molecule has 3 rings (SSSR count). The maximum Gasteiger partial charge on any atom is 0.255 e. The summed E-state index contributed by atoms with van der Waals surface area (Å²) < 4.78 is 13.3. The molecule has 1 saturated heterocycles. The van der Waals surface area contributed by atoms with Crippen LogP contribution in [0.3, 0.4) is 0 Å². The van der Waals surface area contributed by atoms with Gasteiger partial charge in [-0.05, 0) is 31.0 Å². The van der Waals surface area contributed by atoms with Crippen LogP contribution in [-0.2, 0) is 11.3 Å². The van der Waals surface area contributed by atoms with E-state index in [2.05, 4.69) is 10.3 Å². The quantitative estimate of drug-likeness (QED) is 0.782. The van der Waals surface area contributed by atoms with E-state index >= 15 is 0 Å². The number of halogens is 2. The lowest BCUT2D eigenvalue weighted by atomic mass is 9.98. The van der Waals surface area contributed by atoms with Gasteiger partial charge in [0.15, 0.2) is 0 Å². The van der Waals surface area contributed by atoms with Crippen LogP contribution >= 0.6 is 22.9 Å². The van der Waals surface area contributed by atoms with Crippen molar-refractivity contribution in [2.45, 2.75) is 39.2 Å². The minimum absolute atomic E-state index is 0.000153. The Hall–Kier alpha value is -1.99. The van der Waals surface area contributed by atoms with Crippen molar-refractivity contribution in [1.82, 2.24) is 15.2 Å². The number of thiazole rings is 1. The summed E-state index contributed by atoms with van der Waals surface area (Å²) in [7, 11) is 0. The van der Waals surface area contributed by atoms with Crippen molar-refractivity contribution in [2.75, 3.05) is 13.1 Å². The van der Waals surface area contributed by atoms with Crippen LogP contribution in [0.4, 0.5) is 4.39 Å². The number of piperidine rings is 1. The Morgan fingerprint density at radius 1 is 1.43 bits per heavy atom. The van der Waals surface area contributed by atoms with Crippen molar-refractivity contribution in [2.24, 2.45) is 5.92 Å². The monoisotopic (exact) mass is 423 g/mol. The fourth-order valence-corrected chi connectivity index (χ4v) is 4.37. The van der Waals surface area contributed by atoms with Gasteiger partial charge in [0.2, 0.25) is 5.91 Å². The molecule has 1 fully saturated rings. The lowest BCUT2D eigenvalue weighted by Crippen LogP contribution is -2.39. The van der Waals surface area contributed by atoms with Gasteiger partial charge < -0.3 is 10.2 Å². The highest BCUT2D eigenvalue weighted by molar-refractivity contribution is 7.09. The van der Waals surface area contributed by atoms with Gasteiger partial charge in [0, 0.05) is 30.3 Å². The average molecular weight is 424 g/mol. The van der Waals surface area contributed by atoms with Crippen molar-refractivity contribution >= 4 is 34.8 Å². The van der Waals surface area contributed by atoms with E-state index in [1.54, 1.807) is 16.2 Å². The molecule has 0 saturated carbocycles. The highest BCUT2D eigenvalue weighted by Crippen LogP contribution is 2.31. The molecular weight excluding hydrogens is 401 g/mol. The molecule has 0 radical (unpaired) electrons. The molecule has 0 bridgehead atoms. The second kappa shape index (κ2) is 9.01. The van der Waals surface area contributed by atoms with Gasteiger partial charge in [0.05, 0.1) is 27.8 Å². The van der Waals surface area contributed by atoms with Gasteiger partial charge in [-0.15, -0.1) is 11.3 Å². The number of carbonyl (C=O) groups excluding carboxylic acids is 2. The topological polar surface area (TPSA) is 62.3 Å². The Labute approximate surface area is 172 Å². The van der Waals surface area contributed by atoms with Gasteiger partial charge in [-0.1, -0.05) is 25.4 Å². The number of nitrogens with zero attached hydrogens (tertiary/aromatic N) is 2. The first-order valence-electron chi connectivity index (χ1n) is 9.31. The van der Waals surface area contributed by atoms with E-state index in [4.69, 9.17) is 11.6 Å². The van der Waals surface area contributed by atoms with Crippen molar-refractivity contribution < 1.29 is 14.0 Å². The first kappa shape index (κ1) is 20.7. The summed E-state index contributed by atoms with van der Waals surface area (Å²) in [5.74, 6) is -0.556. The summed E-state index contributed by atoms with van der Waals surface area (Å²) in [6.45, 7) is 5.31. The standard InChI is InChI=1S/C20H23ClFN3O2S/c1-12(2)18(26)23-9-15-11-28-19(24-15)13-4-3-7-25(10-13)20(27)16-6-5-14(22)8-17(16)21/h5-6,8,11-13H,3-4,7,9-10H2,1-2H3,(H,23,26)/t13-/m0/s1. The number of aromatic nitrogens is 1. The Bertz CT molecular complexity index is 871. The van der Waals surface area contributed by atoms with Gasteiger partial charge in [-0.25, -0.2) is 9.37 Å². The van der Waals surface area contributed by atoms with Crippen LogP contribution in [0.15, 0.2) is 23.6 Å². The Morgan fingerprint density at radius 3 is 2.93 bits per heavy atom. The molecule has 1 aliphatic rings. The van der Waals surface area contributed by atoms with Crippen molar-refractivity contribution in [3.8, 4) is 0 Å². The minimum atomic E-state index is -0.460. The molecule has 2 aromatic rings. The second-order valence-electron chi connectivity index (χ2n) is 7.26. The molecule has 1 N–H and O–H groups in total. The molecule has 2 amide bonds. The van der Waals surface area contributed by atoms with Gasteiger partial charge in [-0.3, -0.25) is 9.59 Å². The van der Waals surface area contributed by atoms with E-state index in [-0.39, 0.29) is 28.7 Å². The molecule has 0 aliphatic carbocycles. The number of benzene rings is 1. The SMILES string of the molecule is CC(C)C(=O)NCc1csc([C@H]2CCCN(C(=O)c3ccc(F)cc3Cl)C2)n1. The van der Waals surface area contributed by atoms with E-state index < -0.39 is 5.82 Å². The molecule has 0 spiro atoms. The van der Waals surface area contributed by atoms with Crippen LogP contribution < -0.4 is 5.32 Å². The highest BCUT2D eigenvalue weighted by atomic mass is 35.5. The van der Waals surface area contributed by atoms with E-state index in [0.29, 0.717) is 25.2 Å². The minimum Gasteiger partial charge on any atom is -0.350 e. The maximum atomic E-state index is 13.3. The van der Waals surface area contributed by atoms with Gasteiger partial charge in [-0.2, -0.15) is 0 Å². The third-order valence-electron chi connectivity index (χ3n) is 4.76. The number of carbonyl (C=O) groups is 2. The summed E-state index contributed by atoms with van der Waals surface area (Å²) in [5, 5.41) is 5.92. The first-order chi connectivity index (χ1) is 13.3. The molecular formula is C20H23ClFN3O2S. The Kier molecular flexibility index (Phi) is 6.67. The number of nitrogens with one attached hydrogen (secondary N) is 1. The predicted octanol–water partition coefficient (Wildman–Crippen LogP) is 4.23. The third kappa shape index (κ3) is 4.89. The van der Waals surface area contributed by atoms with Crippen LogP contribution in [0, 0.1) is 11.7 Å². The molecule has 1 aliphatic heterocycles. The first-order valence-corrected chi connectivity index (χ1v) is 10.6. The molecule has 2 heterocycles. The zero-order valence-corrected chi connectivity index (χ0v) is 17.4. The van der Waals surface area contributed by atoms with Crippen LogP contribution in [0.2, 0.25) is 5.02 Å². The average Bonchev–Trinajstić information content (AvgIpc) is 3.14. The van der Waals surface area contributed by atoms with E-state index in [1.807, 2.05) is 19.2 Å². The number of amides is 2. The summed E-state index contributed by atoms with van der Waals surface area (Å²) in [5.41, 5.74) is 1.15. The number of hydrogen-bond acceptors (Lipinski definition) is 4. The molecule has 1 aromatic carbocycles. The molecule has 8 heteroatoms. The lowest BCUT2D eigenvalue weighted by molar-refractivity contribution is -0.124. The number of likely N-dealkylation sites (tertiary alicyclic amines) is 1. The normalized spacial score (nSPS) is 17.0. The van der Waals surface area contributed by atoms with Crippen LogP contribution in [-0.4, -0.2) is 34.8 Å². The van der Waals surface area contributed by atoms with Crippen molar-refractivity contribution in [1.29, 1.82) is 0 Å². The molecule has 1 atom stereocenters. The smallest absolute Gasteiger partial charge is 0.255 e. The molecule has 5 nitrogen and oxygen atoms in total. The van der Waals surface area contributed by atoms with Gasteiger partial charge in [0.25, 0.3) is 5.91 Å². The second-order valence-corrected chi connectivity index (χ2v) is 8.56. The van der Waals surface area contributed by atoms with Crippen LogP contribution in [0.1, 0.15) is 53.7 Å². The highest BCUT2D eigenvalue weighted by Gasteiger charge is 2.28. The Balaban J connectivity index is 1.65. The molecule has 0 unspecified atom stereocenters.